The van der Waals surface area contributed by atoms with Gasteiger partial charge in [-0.3, -0.25) is 4.79 Å². The maximum atomic E-state index is 12.5. The summed E-state index contributed by atoms with van der Waals surface area (Å²) < 4.78 is 5.56. The molecule has 0 spiro atoms. The molecule has 0 fully saturated rings. The van der Waals surface area contributed by atoms with E-state index in [0.29, 0.717) is 0 Å². The van der Waals surface area contributed by atoms with E-state index in [4.69, 9.17) is 4.74 Å². The van der Waals surface area contributed by atoms with Crippen LogP contribution < -0.4 is 10.0 Å². The van der Waals surface area contributed by atoms with Gasteiger partial charge >= 0.3 is 0 Å². The van der Waals surface area contributed by atoms with Crippen molar-refractivity contribution in [1.82, 2.24) is 0 Å². The van der Waals surface area contributed by atoms with Crippen molar-refractivity contribution in [3.63, 3.8) is 0 Å². The first-order valence-corrected chi connectivity index (χ1v) is 8.22. The molecule has 2 aromatic carbocycles. The van der Waals surface area contributed by atoms with E-state index < -0.39 is 0 Å². The predicted octanol–water partition coefficient (Wildman–Crippen LogP) is 4.24. The van der Waals surface area contributed by atoms with Crippen molar-refractivity contribution < 1.29 is 9.53 Å². The lowest BCUT2D eigenvalue weighted by molar-refractivity contribution is 0.108. The van der Waals surface area contributed by atoms with Crippen molar-refractivity contribution in [2.24, 2.45) is 0 Å². The third kappa shape index (κ3) is 4.15. The molecule has 0 amide bonds. The fourth-order valence-corrected chi connectivity index (χ4v) is 3.34. The van der Waals surface area contributed by atoms with Crippen LogP contribution in [0, 0.1) is 13.8 Å². The van der Waals surface area contributed by atoms with E-state index >= 15 is 0 Å². The zero-order valence-electron chi connectivity index (χ0n) is 12.8. The molecule has 0 saturated carbocycles. The monoisotopic (exact) mass is 300 g/mol. The van der Waals surface area contributed by atoms with Crippen molar-refractivity contribution in [2.75, 3.05) is 6.61 Å². The largest absolute Gasteiger partial charge is 0.494 e. The van der Waals surface area contributed by atoms with E-state index in [2.05, 4.69) is 6.92 Å². The predicted molar refractivity (Wildman–Crippen MR) is 90.4 cm³/mol. The van der Waals surface area contributed by atoms with Crippen LogP contribution in [-0.2, 0) is 0 Å². The molecular weight excluding hydrogens is 279 g/mol. The third-order valence-corrected chi connectivity index (χ3v) is 4.39. The molecule has 0 N–H and O–H groups in total. The van der Waals surface area contributed by atoms with Gasteiger partial charge in [-0.25, -0.2) is 0 Å². The summed E-state index contributed by atoms with van der Waals surface area (Å²) in [5.74, 6) is 0.866. The van der Waals surface area contributed by atoms with Gasteiger partial charge in [0.1, 0.15) is 5.75 Å². The lowest BCUT2D eigenvalue weighted by Crippen LogP contribution is -2.05. The molecule has 110 valence electrons. The van der Waals surface area contributed by atoms with Gasteiger partial charge in [-0.05, 0) is 57.4 Å². The molecule has 2 aromatic rings. The second kappa shape index (κ2) is 7.38. The number of ether oxygens (including phenoxy) is 1. The first kappa shape index (κ1) is 15.7. The third-order valence-electron chi connectivity index (χ3n) is 3.29. The minimum absolute atomic E-state index is 0.153. The highest BCUT2D eigenvalue weighted by atomic mass is 31.1. The quantitative estimate of drug-likeness (QED) is 0.746. The maximum absolute atomic E-state index is 12.5. The van der Waals surface area contributed by atoms with E-state index in [1.165, 1.54) is 0 Å². The molecule has 2 rings (SSSR count). The topological polar surface area (TPSA) is 26.3 Å². The van der Waals surface area contributed by atoms with Gasteiger partial charge in [0, 0.05) is 5.56 Å². The molecule has 0 aromatic heterocycles. The highest BCUT2D eigenvalue weighted by Crippen LogP contribution is 2.24. The van der Waals surface area contributed by atoms with E-state index in [9.17, 15) is 4.79 Å². The standard InChI is InChI=1S/C18H21O2P/c1-4-12-20-15-8-10-16(11-9-15)21-18(19)17-13(2)6-5-7-14(17)3/h5-11,21H,4,12H2,1-3H3. The first-order valence-electron chi connectivity index (χ1n) is 7.22. The van der Waals surface area contributed by atoms with Gasteiger partial charge < -0.3 is 4.74 Å². The zero-order chi connectivity index (χ0) is 15.2. The summed E-state index contributed by atoms with van der Waals surface area (Å²) in [6, 6.07) is 13.8. The van der Waals surface area contributed by atoms with Crippen molar-refractivity contribution >= 4 is 19.4 Å². The Morgan fingerprint density at radius 2 is 1.67 bits per heavy atom. The lowest BCUT2D eigenvalue weighted by atomic mass is 10.0. The lowest BCUT2D eigenvalue weighted by Gasteiger charge is -2.09. The summed E-state index contributed by atoms with van der Waals surface area (Å²) >= 11 is 0. The summed E-state index contributed by atoms with van der Waals surface area (Å²) in [5, 5.41) is 1.05. The first-order chi connectivity index (χ1) is 10.1. The Bertz CT molecular complexity index is 597. The van der Waals surface area contributed by atoms with Crippen LogP contribution in [0.25, 0.3) is 0 Å². The number of carbonyl (C=O) groups excluding carboxylic acids is 1. The van der Waals surface area contributed by atoms with Crippen LogP contribution in [0.15, 0.2) is 42.5 Å². The number of benzene rings is 2. The SMILES string of the molecule is CCCOc1ccc(PC(=O)c2c(C)cccc2C)cc1. The molecule has 0 aliphatic rings. The molecule has 1 atom stereocenters. The molecule has 21 heavy (non-hydrogen) atoms. The summed E-state index contributed by atoms with van der Waals surface area (Å²) in [4.78, 5) is 12.5. The molecule has 0 radical (unpaired) electrons. The number of hydrogen-bond donors (Lipinski definition) is 0. The number of hydrogen-bond acceptors (Lipinski definition) is 2. The fourth-order valence-electron chi connectivity index (χ4n) is 2.22. The summed E-state index contributed by atoms with van der Waals surface area (Å²) in [6.07, 6.45) is 0.995. The molecule has 0 aliphatic heterocycles. The van der Waals surface area contributed by atoms with Gasteiger partial charge in [-0.1, -0.05) is 37.3 Å². The van der Waals surface area contributed by atoms with Crippen LogP contribution in [0.3, 0.4) is 0 Å². The Balaban J connectivity index is 2.09. The maximum Gasteiger partial charge on any atom is 0.186 e. The molecule has 0 bridgehead atoms. The van der Waals surface area contributed by atoms with Crippen LogP contribution in [0.1, 0.15) is 34.8 Å². The second-order valence-corrected chi connectivity index (χ2v) is 6.38. The molecule has 0 heterocycles. The van der Waals surface area contributed by atoms with E-state index in [-0.39, 0.29) is 14.1 Å². The van der Waals surface area contributed by atoms with Crippen molar-refractivity contribution in [2.45, 2.75) is 27.2 Å². The van der Waals surface area contributed by atoms with Crippen molar-refractivity contribution in [1.29, 1.82) is 0 Å². The Kier molecular flexibility index (Phi) is 5.52. The molecule has 2 nitrogen and oxygen atoms in total. The van der Waals surface area contributed by atoms with Crippen LogP contribution in [-0.4, -0.2) is 12.1 Å². The fraction of sp³-hybridized carbons (Fsp3) is 0.278. The number of aryl methyl sites for hydroxylation is 2. The van der Waals surface area contributed by atoms with Crippen LogP contribution in [0.4, 0.5) is 0 Å². The molecule has 1 unspecified atom stereocenters. The van der Waals surface area contributed by atoms with Crippen LogP contribution in [0.5, 0.6) is 5.75 Å². The van der Waals surface area contributed by atoms with Crippen molar-refractivity contribution in [3.05, 3.63) is 59.2 Å². The Labute approximate surface area is 128 Å². The zero-order valence-corrected chi connectivity index (χ0v) is 13.8. The number of rotatable bonds is 6. The molecule has 0 aliphatic carbocycles. The summed E-state index contributed by atoms with van der Waals surface area (Å²) in [6.45, 7) is 6.79. The molecule has 0 saturated heterocycles. The van der Waals surface area contributed by atoms with Crippen LogP contribution >= 0.6 is 8.58 Å². The van der Waals surface area contributed by atoms with Gasteiger partial charge in [0.15, 0.2) is 5.52 Å². The average molecular weight is 300 g/mol. The average Bonchev–Trinajstić information content (AvgIpc) is 2.46. The highest BCUT2D eigenvalue weighted by Gasteiger charge is 2.12. The summed E-state index contributed by atoms with van der Waals surface area (Å²) in [5.41, 5.74) is 3.17. The Morgan fingerprint density at radius 3 is 2.24 bits per heavy atom. The Morgan fingerprint density at radius 1 is 1.05 bits per heavy atom. The van der Waals surface area contributed by atoms with Crippen LogP contribution in [0.2, 0.25) is 0 Å². The van der Waals surface area contributed by atoms with E-state index in [1.807, 2.05) is 56.3 Å². The van der Waals surface area contributed by atoms with Gasteiger partial charge in [0.05, 0.1) is 6.61 Å². The van der Waals surface area contributed by atoms with Crippen molar-refractivity contribution in [3.8, 4) is 5.75 Å². The van der Waals surface area contributed by atoms with Gasteiger partial charge in [-0.2, -0.15) is 0 Å². The minimum atomic E-state index is 0.153. The number of carbonyl (C=O) groups is 1. The second-order valence-electron chi connectivity index (χ2n) is 5.09. The molecular formula is C18H21O2P. The van der Waals surface area contributed by atoms with E-state index in [0.717, 1.165) is 40.8 Å². The van der Waals surface area contributed by atoms with Gasteiger partial charge in [0.2, 0.25) is 0 Å². The molecule has 3 heteroatoms. The smallest absolute Gasteiger partial charge is 0.186 e. The normalized spacial score (nSPS) is 11.0. The Hall–Kier alpha value is -1.66. The highest BCUT2D eigenvalue weighted by molar-refractivity contribution is 7.66. The van der Waals surface area contributed by atoms with Gasteiger partial charge in [-0.15, -0.1) is 0 Å². The minimum Gasteiger partial charge on any atom is -0.494 e. The van der Waals surface area contributed by atoms with Gasteiger partial charge in [0.25, 0.3) is 0 Å². The summed E-state index contributed by atoms with van der Waals surface area (Å²) in [7, 11) is 0.153. The van der Waals surface area contributed by atoms with E-state index in [1.54, 1.807) is 0 Å².